The third-order valence-corrected chi connectivity index (χ3v) is 6.60. The molecule has 32 heavy (non-hydrogen) atoms. The molecule has 5 rings (SSSR count). The Balaban J connectivity index is 1.49. The highest BCUT2D eigenvalue weighted by Crippen LogP contribution is 2.29. The first kappa shape index (κ1) is 20.5. The van der Waals surface area contributed by atoms with E-state index < -0.39 is 18.2 Å². The number of guanidine groups is 1. The fraction of sp³-hybridized carbons (Fsp3) is 0.375. The van der Waals surface area contributed by atoms with E-state index in [-0.39, 0.29) is 5.91 Å². The van der Waals surface area contributed by atoms with Crippen LogP contribution in [0.3, 0.4) is 0 Å². The smallest absolute Gasteiger partial charge is 0.325 e. The van der Waals surface area contributed by atoms with Crippen LogP contribution in [0.5, 0.6) is 0 Å². The van der Waals surface area contributed by atoms with Crippen molar-refractivity contribution in [2.45, 2.75) is 18.8 Å². The number of imide groups is 1. The number of aliphatic imine (C=N–C) groups is 1. The van der Waals surface area contributed by atoms with E-state index in [1.54, 1.807) is 7.05 Å². The van der Waals surface area contributed by atoms with Crippen LogP contribution in [0.25, 0.3) is 10.8 Å². The van der Waals surface area contributed by atoms with E-state index >= 15 is 0 Å². The normalized spacial score (nSPS) is 23.9. The number of carbonyl (C=O) groups excluding carboxylic acids is 2. The first-order valence-corrected chi connectivity index (χ1v) is 11.0. The molecule has 2 fully saturated rings. The summed E-state index contributed by atoms with van der Waals surface area (Å²) in [6.07, 6.45) is 1.40. The van der Waals surface area contributed by atoms with Crippen LogP contribution in [0.4, 0.5) is 4.79 Å². The van der Waals surface area contributed by atoms with Crippen LogP contribution in [0.15, 0.2) is 60.1 Å². The number of carbonyl (C=O) groups is 2. The molecule has 8 nitrogen and oxygen atoms in total. The number of benzene rings is 2. The van der Waals surface area contributed by atoms with E-state index in [4.69, 9.17) is 4.99 Å². The first-order valence-electron chi connectivity index (χ1n) is 11.0. The quantitative estimate of drug-likeness (QED) is 0.745. The standard InChI is InChI=1S/C24H28N6O2/c1-3-11-28-12-14-29(15-13-28)23-25-21-20(22(31)26-24(32)27(21)2)30(23)16-18-9-6-8-17-7-4-5-10-19(17)18/h3-10,20-21H,1,11-16H2,2H3,(H,26,31,32). The Bertz CT molecular complexity index is 1090. The summed E-state index contributed by atoms with van der Waals surface area (Å²) >= 11 is 0. The van der Waals surface area contributed by atoms with Gasteiger partial charge in [0.05, 0.1) is 0 Å². The number of nitrogens with zero attached hydrogens (tertiary/aromatic N) is 5. The van der Waals surface area contributed by atoms with Gasteiger partial charge >= 0.3 is 6.03 Å². The van der Waals surface area contributed by atoms with Gasteiger partial charge in [0, 0.05) is 46.3 Å². The number of rotatable bonds is 4. The van der Waals surface area contributed by atoms with E-state index in [2.05, 4.69) is 50.9 Å². The highest BCUT2D eigenvalue weighted by Gasteiger charge is 2.49. The number of hydrogen-bond donors (Lipinski definition) is 1. The third kappa shape index (κ3) is 3.50. The van der Waals surface area contributed by atoms with Crippen LogP contribution in [-0.4, -0.2) is 89.5 Å². The molecule has 166 valence electrons. The molecule has 3 aliphatic rings. The number of hydrogen-bond acceptors (Lipinski definition) is 6. The summed E-state index contributed by atoms with van der Waals surface area (Å²) in [4.78, 5) is 38.3. The molecule has 2 atom stereocenters. The molecule has 3 aliphatic heterocycles. The van der Waals surface area contributed by atoms with Gasteiger partial charge in [-0.05, 0) is 16.3 Å². The Morgan fingerprint density at radius 3 is 2.62 bits per heavy atom. The van der Waals surface area contributed by atoms with E-state index in [0.29, 0.717) is 6.54 Å². The fourth-order valence-electron chi connectivity index (χ4n) is 4.87. The van der Waals surface area contributed by atoms with Gasteiger partial charge in [-0.25, -0.2) is 9.79 Å². The summed E-state index contributed by atoms with van der Waals surface area (Å²) in [6.45, 7) is 8.70. The summed E-state index contributed by atoms with van der Waals surface area (Å²) < 4.78 is 0. The predicted octanol–water partition coefficient (Wildman–Crippen LogP) is 1.69. The predicted molar refractivity (Wildman–Crippen MR) is 124 cm³/mol. The van der Waals surface area contributed by atoms with Crippen LogP contribution < -0.4 is 5.32 Å². The molecule has 1 N–H and O–H groups in total. The Morgan fingerprint density at radius 2 is 1.84 bits per heavy atom. The van der Waals surface area contributed by atoms with Crippen LogP contribution in [-0.2, 0) is 11.3 Å². The van der Waals surface area contributed by atoms with Crippen molar-refractivity contribution in [1.82, 2.24) is 24.9 Å². The minimum atomic E-state index is -0.544. The Labute approximate surface area is 187 Å². The van der Waals surface area contributed by atoms with Gasteiger partial charge in [0.1, 0.15) is 0 Å². The maximum Gasteiger partial charge on any atom is 0.325 e. The minimum Gasteiger partial charge on any atom is -0.340 e. The molecule has 0 saturated carbocycles. The highest BCUT2D eigenvalue weighted by molar-refractivity contribution is 6.03. The largest absolute Gasteiger partial charge is 0.340 e. The molecule has 3 amide bonds. The minimum absolute atomic E-state index is 0.289. The van der Waals surface area contributed by atoms with Crippen molar-refractivity contribution in [3.8, 4) is 0 Å². The van der Waals surface area contributed by atoms with Gasteiger partial charge in [-0.1, -0.05) is 48.5 Å². The van der Waals surface area contributed by atoms with Gasteiger partial charge in [0.25, 0.3) is 5.91 Å². The van der Waals surface area contributed by atoms with E-state index in [0.717, 1.165) is 55.0 Å². The number of piperazine rings is 1. The SMILES string of the molecule is C=CCN1CCN(C2=NC3C(C(=O)NC(=O)N3C)N2Cc2cccc3ccccc23)CC1. The van der Waals surface area contributed by atoms with Gasteiger partial charge in [-0.2, -0.15) is 0 Å². The Hall–Kier alpha value is -3.39. The van der Waals surface area contributed by atoms with E-state index in [1.807, 2.05) is 24.3 Å². The van der Waals surface area contributed by atoms with E-state index in [1.165, 1.54) is 4.90 Å². The number of urea groups is 1. The second-order valence-electron chi connectivity index (χ2n) is 8.54. The van der Waals surface area contributed by atoms with Crippen molar-refractivity contribution in [3.63, 3.8) is 0 Å². The molecule has 3 heterocycles. The van der Waals surface area contributed by atoms with Gasteiger partial charge < -0.3 is 14.7 Å². The Morgan fingerprint density at radius 1 is 1.09 bits per heavy atom. The van der Waals surface area contributed by atoms with Gasteiger partial charge in [0.15, 0.2) is 18.2 Å². The molecule has 2 aromatic rings. The molecule has 0 radical (unpaired) electrons. The van der Waals surface area contributed by atoms with Crippen molar-refractivity contribution in [3.05, 3.63) is 60.7 Å². The number of fused-ring (bicyclic) bond motifs is 2. The first-order chi connectivity index (χ1) is 15.6. The second-order valence-corrected chi connectivity index (χ2v) is 8.54. The molecule has 0 bridgehead atoms. The summed E-state index contributed by atoms with van der Waals surface area (Å²) in [5.41, 5.74) is 1.13. The van der Waals surface area contributed by atoms with Crippen molar-refractivity contribution in [2.24, 2.45) is 4.99 Å². The molecule has 2 aromatic carbocycles. The molecule has 0 aromatic heterocycles. The second kappa shape index (κ2) is 8.27. The molecule has 0 spiro atoms. The molecular weight excluding hydrogens is 404 g/mol. The Kier molecular flexibility index (Phi) is 5.30. The number of amides is 3. The zero-order chi connectivity index (χ0) is 22.2. The fourth-order valence-corrected chi connectivity index (χ4v) is 4.87. The van der Waals surface area contributed by atoms with Crippen molar-refractivity contribution >= 4 is 28.7 Å². The molecule has 2 saturated heterocycles. The molecule has 2 unspecified atom stereocenters. The van der Waals surface area contributed by atoms with Crippen molar-refractivity contribution in [1.29, 1.82) is 0 Å². The summed E-state index contributed by atoms with van der Waals surface area (Å²) in [6, 6.07) is 13.6. The molecular formula is C24H28N6O2. The van der Waals surface area contributed by atoms with E-state index in [9.17, 15) is 9.59 Å². The van der Waals surface area contributed by atoms with Gasteiger partial charge in [0.2, 0.25) is 0 Å². The van der Waals surface area contributed by atoms with Crippen molar-refractivity contribution in [2.75, 3.05) is 39.8 Å². The summed E-state index contributed by atoms with van der Waals surface area (Å²) in [5.74, 6) is 0.505. The van der Waals surface area contributed by atoms with Crippen LogP contribution >= 0.6 is 0 Å². The number of nitrogens with one attached hydrogen (secondary N) is 1. The topological polar surface area (TPSA) is 71.5 Å². The van der Waals surface area contributed by atoms with Gasteiger partial charge in [-0.15, -0.1) is 6.58 Å². The highest BCUT2D eigenvalue weighted by atomic mass is 16.2. The maximum atomic E-state index is 13.0. The van der Waals surface area contributed by atoms with Crippen LogP contribution in [0, 0.1) is 0 Å². The maximum absolute atomic E-state index is 13.0. The molecule has 8 heteroatoms. The lowest BCUT2D eigenvalue weighted by Crippen LogP contribution is -2.64. The average Bonchev–Trinajstić information content (AvgIpc) is 3.18. The monoisotopic (exact) mass is 432 g/mol. The van der Waals surface area contributed by atoms with Crippen LogP contribution in [0.2, 0.25) is 0 Å². The summed E-state index contributed by atoms with van der Waals surface area (Å²) in [7, 11) is 1.70. The van der Waals surface area contributed by atoms with Crippen molar-refractivity contribution < 1.29 is 9.59 Å². The third-order valence-electron chi connectivity index (χ3n) is 6.60. The molecule has 0 aliphatic carbocycles. The lowest BCUT2D eigenvalue weighted by molar-refractivity contribution is -0.127. The summed E-state index contributed by atoms with van der Waals surface area (Å²) in [5, 5.41) is 4.82. The zero-order valence-corrected chi connectivity index (χ0v) is 18.3. The number of likely N-dealkylation sites (N-methyl/N-ethyl adjacent to an activating group) is 1. The van der Waals surface area contributed by atoms with Crippen LogP contribution in [0.1, 0.15) is 5.56 Å². The van der Waals surface area contributed by atoms with Gasteiger partial charge in [-0.3, -0.25) is 15.0 Å². The lowest BCUT2D eigenvalue weighted by Gasteiger charge is -2.40. The zero-order valence-electron chi connectivity index (χ0n) is 18.3. The average molecular weight is 433 g/mol. The lowest BCUT2D eigenvalue weighted by atomic mass is 10.0.